The third kappa shape index (κ3) is 4.30. The summed E-state index contributed by atoms with van der Waals surface area (Å²) in [6.07, 6.45) is 1.32. The van der Waals surface area contributed by atoms with E-state index in [-0.39, 0.29) is 17.1 Å². The number of rotatable bonds is 6. The van der Waals surface area contributed by atoms with Gasteiger partial charge in [0.15, 0.2) is 18.1 Å². The molecule has 2 aromatic carbocycles. The summed E-state index contributed by atoms with van der Waals surface area (Å²) in [5.41, 5.74) is 1.37. The van der Waals surface area contributed by atoms with Crippen molar-refractivity contribution in [2.45, 2.75) is 6.92 Å². The SMILES string of the molecule is COc1cc(/C=C2\C(=O)NC(=O)N(c3cccc(C)c3)C2=O)ccc1OCC(=O)O. The predicted molar refractivity (Wildman–Crippen MR) is 106 cm³/mol. The second-order valence-electron chi connectivity index (χ2n) is 6.39. The minimum Gasteiger partial charge on any atom is -0.493 e. The van der Waals surface area contributed by atoms with Gasteiger partial charge in [0.2, 0.25) is 0 Å². The first-order valence-corrected chi connectivity index (χ1v) is 8.81. The number of aryl methyl sites for hydroxylation is 1. The van der Waals surface area contributed by atoms with Crippen LogP contribution in [-0.4, -0.2) is 42.6 Å². The van der Waals surface area contributed by atoms with E-state index in [1.165, 1.54) is 31.4 Å². The van der Waals surface area contributed by atoms with Crippen LogP contribution in [0.3, 0.4) is 0 Å². The van der Waals surface area contributed by atoms with Gasteiger partial charge in [0, 0.05) is 0 Å². The molecule has 0 unspecified atom stereocenters. The van der Waals surface area contributed by atoms with E-state index in [0.717, 1.165) is 10.5 Å². The Kier molecular flexibility index (Phi) is 5.82. The van der Waals surface area contributed by atoms with Gasteiger partial charge in [-0.2, -0.15) is 0 Å². The fraction of sp³-hybridized carbons (Fsp3) is 0.143. The number of hydrogen-bond donors (Lipinski definition) is 2. The molecular weight excluding hydrogens is 392 g/mol. The zero-order valence-electron chi connectivity index (χ0n) is 16.2. The Morgan fingerprint density at radius 1 is 1.13 bits per heavy atom. The number of anilines is 1. The largest absolute Gasteiger partial charge is 0.493 e. The highest BCUT2D eigenvalue weighted by molar-refractivity contribution is 6.39. The lowest BCUT2D eigenvalue weighted by molar-refractivity contribution is -0.139. The highest BCUT2D eigenvalue weighted by Gasteiger charge is 2.36. The van der Waals surface area contributed by atoms with Gasteiger partial charge in [0.25, 0.3) is 11.8 Å². The summed E-state index contributed by atoms with van der Waals surface area (Å²) in [6, 6.07) is 10.4. The second kappa shape index (κ2) is 8.48. The molecule has 0 aromatic heterocycles. The summed E-state index contributed by atoms with van der Waals surface area (Å²) >= 11 is 0. The number of nitrogens with zero attached hydrogens (tertiary/aromatic N) is 1. The molecule has 1 saturated heterocycles. The van der Waals surface area contributed by atoms with Gasteiger partial charge >= 0.3 is 12.0 Å². The number of benzene rings is 2. The maximum absolute atomic E-state index is 12.9. The number of carbonyl (C=O) groups excluding carboxylic acids is 3. The van der Waals surface area contributed by atoms with Crippen molar-refractivity contribution in [2.75, 3.05) is 18.6 Å². The molecule has 4 amide bonds. The molecule has 154 valence electrons. The van der Waals surface area contributed by atoms with Crippen molar-refractivity contribution in [3.63, 3.8) is 0 Å². The Morgan fingerprint density at radius 3 is 2.57 bits per heavy atom. The monoisotopic (exact) mass is 410 g/mol. The first kappa shape index (κ1) is 20.6. The summed E-state index contributed by atoms with van der Waals surface area (Å²) in [5, 5.41) is 10.9. The number of carbonyl (C=O) groups is 4. The smallest absolute Gasteiger partial charge is 0.341 e. The lowest BCUT2D eigenvalue weighted by atomic mass is 10.1. The first-order valence-electron chi connectivity index (χ1n) is 8.81. The average molecular weight is 410 g/mol. The molecule has 30 heavy (non-hydrogen) atoms. The van der Waals surface area contributed by atoms with Crippen LogP contribution < -0.4 is 19.7 Å². The average Bonchev–Trinajstić information content (AvgIpc) is 2.69. The molecule has 1 aliphatic rings. The van der Waals surface area contributed by atoms with E-state index in [2.05, 4.69) is 5.32 Å². The fourth-order valence-electron chi connectivity index (χ4n) is 2.86. The molecule has 0 radical (unpaired) electrons. The molecule has 3 rings (SSSR count). The molecule has 1 aliphatic heterocycles. The van der Waals surface area contributed by atoms with E-state index < -0.39 is 30.4 Å². The maximum Gasteiger partial charge on any atom is 0.341 e. The predicted octanol–water partition coefficient (Wildman–Crippen LogP) is 2.13. The van der Waals surface area contributed by atoms with Crippen LogP contribution >= 0.6 is 0 Å². The van der Waals surface area contributed by atoms with Crippen molar-refractivity contribution in [3.05, 3.63) is 59.2 Å². The Hall–Kier alpha value is -4.14. The summed E-state index contributed by atoms with van der Waals surface area (Å²) in [5.74, 6) is -2.31. The second-order valence-corrected chi connectivity index (χ2v) is 6.39. The number of urea groups is 1. The number of ether oxygens (including phenoxy) is 2. The molecule has 2 N–H and O–H groups in total. The Morgan fingerprint density at radius 2 is 1.90 bits per heavy atom. The zero-order valence-corrected chi connectivity index (χ0v) is 16.2. The van der Waals surface area contributed by atoms with Gasteiger partial charge in [-0.05, 0) is 48.4 Å². The van der Waals surface area contributed by atoms with Crippen molar-refractivity contribution < 1.29 is 33.8 Å². The summed E-state index contributed by atoms with van der Waals surface area (Å²) in [6.45, 7) is 1.27. The molecule has 1 heterocycles. The number of amides is 4. The van der Waals surface area contributed by atoms with Gasteiger partial charge in [-0.15, -0.1) is 0 Å². The molecule has 0 aliphatic carbocycles. The standard InChI is InChI=1S/C21H18N2O7/c1-12-4-3-5-14(8-12)23-20(27)15(19(26)22-21(23)28)9-13-6-7-16(17(10-13)29-2)30-11-18(24)25/h3-10H,11H2,1-2H3,(H,24,25)(H,22,26,28)/b15-9+. The summed E-state index contributed by atoms with van der Waals surface area (Å²) < 4.78 is 10.3. The highest BCUT2D eigenvalue weighted by Crippen LogP contribution is 2.30. The molecule has 2 aromatic rings. The number of methoxy groups -OCH3 is 1. The van der Waals surface area contributed by atoms with Crippen LogP contribution in [0.15, 0.2) is 48.0 Å². The van der Waals surface area contributed by atoms with Crippen molar-refractivity contribution in [1.29, 1.82) is 0 Å². The van der Waals surface area contributed by atoms with E-state index >= 15 is 0 Å². The van der Waals surface area contributed by atoms with Crippen molar-refractivity contribution in [1.82, 2.24) is 5.32 Å². The Balaban J connectivity index is 1.95. The molecule has 9 nitrogen and oxygen atoms in total. The number of nitrogens with one attached hydrogen (secondary N) is 1. The van der Waals surface area contributed by atoms with Crippen molar-refractivity contribution in [2.24, 2.45) is 0 Å². The van der Waals surface area contributed by atoms with E-state index in [4.69, 9.17) is 14.6 Å². The fourth-order valence-corrected chi connectivity index (χ4v) is 2.86. The minimum absolute atomic E-state index is 0.193. The number of barbiturate groups is 1. The lowest BCUT2D eigenvalue weighted by Gasteiger charge is -2.26. The highest BCUT2D eigenvalue weighted by atomic mass is 16.5. The minimum atomic E-state index is -1.14. The van der Waals surface area contributed by atoms with Crippen LogP contribution in [0.2, 0.25) is 0 Å². The third-order valence-corrected chi connectivity index (χ3v) is 4.21. The quantitative estimate of drug-likeness (QED) is 0.552. The summed E-state index contributed by atoms with van der Waals surface area (Å²) in [7, 11) is 1.37. The number of aliphatic carboxylic acids is 1. The number of imide groups is 2. The molecule has 9 heteroatoms. The number of hydrogen-bond acceptors (Lipinski definition) is 6. The molecule has 0 bridgehead atoms. The zero-order chi connectivity index (χ0) is 21.8. The molecule has 0 atom stereocenters. The Labute approximate surface area is 171 Å². The van der Waals surface area contributed by atoms with Crippen LogP contribution in [0.5, 0.6) is 11.5 Å². The van der Waals surface area contributed by atoms with Crippen molar-refractivity contribution in [3.8, 4) is 11.5 Å². The third-order valence-electron chi connectivity index (χ3n) is 4.21. The Bertz CT molecular complexity index is 1070. The number of carboxylic acids is 1. The van der Waals surface area contributed by atoms with E-state index in [0.29, 0.717) is 11.3 Å². The van der Waals surface area contributed by atoms with E-state index in [9.17, 15) is 19.2 Å². The van der Waals surface area contributed by atoms with E-state index in [1.54, 1.807) is 18.2 Å². The van der Waals surface area contributed by atoms with Gasteiger partial charge in [0.05, 0.1) is 12.8 Å². The van der Waals surface area contributed by atoms with E-state index in [1.807, 2.05) is 13.0 Å². The first-order chi connectivity index (χ1) is 14.3. The summed E-state index contributed by atoms with van der Waals surface area (Å²) in [4.78, 5) is 49.0. The van der Waals surface area contributed by atoms with Crippen LogP contribution in [-0.2, 0) is 14.4 Å². The van der Waals surface area contributed by atoms with Gasteiger partial charge < -0.3 is 14.6 Å². The molecule has 0 saturated carbocycles. The topological polar surface area (TPSA) is 122 Å². The van der Waals surface area contributed by atoms with Crippen LogP contribution in [0.4, 0.5) is 10.5 Å². The molecular formula is C21H18N2O7. The normalized spacial score (nSPS) is 15.2. The van der Waals surface area contributed by atoms with Crippen molar-refractivity contribution >= 4 is 35.6 Å². The molecule has 0 spiro atoms. The van der Waals surface area contributed by atoms with Gasteiger partial charge in [-0.3, -0.25) is 14.9 Å². The van der Waals surface area contributed by atoms with Gasteiger partial charge in [-0.1, -0.05) is 18.2 Å². The van der Waals surface area contributed by atoms with Gasteiger partial charge in [0.1, 0.15) is 5.57 Å². The lowest BCUT2D eigenvalue weighted by Crippen LogP contribution is -2.54. The van der Waals surface area contributed by atoms with Gasteiger partial charge in [-0.25, -0.2) is 14.5 Å². The van der Waals surface area contributed by atoms with Crippen LogP contribution in [0, 0.1) is 6.92 Å². The molecule has 1 fully saturated rings. The van der Waals surface area contributed by atoms with Crippen LogP contribution in [0.25, 0.3) is 6.08 Å². The number of carboxylic acid groups (broad SMARTS) is 1. The maximum atomic E-state index is 12.9. The van der Waals surface area contributed by atoms with Crippen LogP contribution in [0.1, 0.15) is 11.1 Å².